The monoisotopic (exact) mass is 416 g/mol. The first kappa shape index (κ1) is 21.0. The van der Waals surface area contributed by atoms with Gasteiger partial charge in [-0.25, -0.2) is 17.5 Å². The number of esters is 1. The topological polar surface area (TPSA) is 84.0 Å². The van der Waals surface area contributed by atoms with Crippen LogP contribution in [0.15, 0.2) is 53.4 Å². The molecule has 0 fully saturated rings. The predicted molar refractivity (Wildman–Crippen MR) is 109 cm³/mol. The quantitative estimate of drug-likeness (QED) is 0.699. The minimum atomic E-state index is -3.68. The van der Waals surface area contributed by atoms with Crippen molar-refractivity contribution in [2.24, 2.45) is 0 Å². The van der Waals surface area contributed by atoms with E-state index in [1.54, 1.807) is 4.90 Å². The van der Waals surface area contributed by atoms with Crippen molar-refractivity contribution in [3.63, 3.8) is 0 Å². The lowest BCUT2D eigenvalue weighted by molar-refractivity contribution is -0.126. The fraction of sp³-hybridized carbons (Fsp3) is 0.333. The standard InChI is InChI=1S/C21H24N2O5S/c1-14-12-16-8-5-6-11-19(16)23(14)20(24)15(2)28-21(25)17-9-7-10-18(13-17)29(26,27)22(3)4/h5-11,13-15H,12H2,1-4H3/t14-,15+/m0/s1. The fourth-order valence-corrected chi connectivity index (χ4v) is 4.32. The first-order chi connectivity index (χ1) is 13.6. The highest BCUT2D eigenvalue weighted by molar-refractivity contribution is 7.89. The molecule has 29 heavy (non-hydrogen) atoms. The summed E-state index contributed by atoms with van der Waals surface area (Å²) in [7, 11) is -0.856. The highest BCUT2D eigenvalue weighted by atomic mass is 32.2. The molecule has 2 atom stereocenters. The van der Waals surface area contributed by atoms with E-state index in [4.69, 9.17) is 4.74 Å². The molecule has 0 aliphatic carbocycles. The molecular formula is C21H24N2O5S. The molecule has 0 spiro atoms. The third-order valence-electron chi connectivity index (χ3n) is 4.92. The summed E-state index contributed by atoms with van der Waals surface area (Å²) in [4.78, 5) is 27.1. The molecule has 0 aromatic heterocycles. The Labute approximate surface area is 170 Å². The van der Waals surface area contributed by atoms with E-state index in [1.807, 2.05) is 31.2 Å². The molecule has 0 saturated carbocycles. The largest absolute Gasteiger partial charge is 0.449 e. The van der Waals surface area contributed by atoms with Gasteiger partial charge in [0, 0.05) is 25.8 Å². The molecule has 2 aromatic carbocycles. The lowest BCUT2D eigenvalue weighted by Crippen LogP contribution is -2.43. The van der Waals surface area contributed by atoms with Gasteiger partial charge in [-0.05, 0) is 50.1 Å². The third-order valence-corrected chi connectivity index (χ3v) is 6.74. The van der Waals surface area contributed by atoms with Crippen LogP contribution in [0.1, 0.15) is 29.8 Å². The van der Waals surface area contributed by atoms with Gasteiger partial charge in [0.1, 0.15) is 0 Å². The maximum Gasteiger partial charge on any atom is 0.338 e. The summed E-state index contributed by atoms with van der Waals surface area (Å²) < 4.78 is 31.0. The average Bonchev–Trinajstić information content (AvgIpc) is 3.02. The number of carbonyl (C=O) groups excluding carboxylic acids is 2. The summed E-state index contributed by atoms with van der Waals surface area (Å²) in [6, 6.07) is 13.2. The summed E-state index contributed by atoms with van der Waals surface area (Å²) in [5.41, 5.74) is 1.97. The minimum absolute atomic E-state index is 0.0157. The predicted octanol–water partition coefficient (Wildman–Crippen LogP) is 2.46. The van der Waals surface area contributed by atoms with Crippen molar-refractivity contribution in [3.8, 4) is 0 Å². The lowest BCUT2D eigenvalue weighted by Gasteiger charge is -2.26. The van der Waals surface area contributed by atoms with Crippen LogP contribution in [-0.2, 0) is 26.0 Å². The molecule has 0 radical (unpaired) electrons. The number of para-hydroxylation sites is 1. The van der Waals surface area contributed by atoms with Crippen molar-refractivity contribution in [3.05, 3.63) is 59.7 Å². The van der Waals surface area contributed by atoms with E-state index in [9.17, 15) is 18.0 Å². The van der Waals surface area contributed by atoms with Crippen molar-refractivity contribution in [1.29, 1.82) is 0 Å². The second kappa shape index (κ2) is 7.96. The molecule has 1 heterocycles. The number of sulfonamides is 1. The van der Waals surface area contributed by atoms with Crippen molar-refractivity contribution in [2.75, 3.05) is 19.0 Å². The molecule has 154 valence electrons. The molecule has 0 bridgehead atoms. The Morgan fingerprint density at radius 2 is 1.83 bits per heavy atom. The molecule has 0 unspecified atom stereocenters. The van der Waals surface area contributed by atoms with Gasteiger partial charge in [-0.3, -0.25) is 4.79 Å². The van der Waals surface area contributed by atoms with E-state index < -0.39 is 22.1 Å². The second-order valence-electron chi connectivity index (χ2n) is 7.25. The number of amides is 1. The van der Waals surface area contributed by atoms with E-state index in [1.165, 1.54) is 45.3 Å². The van der Waals surface area contributed by atoms with Gasteiger partial charge in [0.2, 0.25) is 10.0 Å². The maximum atomic E-state index is 12.9. The number of anilines is 1. The van der Waals surface area contributed by atoms with Crippen molar-refractivity contribution in [1.82, 2.24) is 4.31 Å². The van der Waals surface area contributed by atoms with Crippen LogP contribution in [0.5, 0.6) is 0 Å². The van der Waals surface area contributed by atoms with Crippen molar-refractivity contribution >= 4 is 27.6 Å². The molecule has 2 aromatic rings. The number of rotatable bonds is 5. The van der Waals surface area contributed by atoms with Gasteiger partial charge in [0.15, 0.2) is 6.10 Å². The first-order valence-electron chi connectivity index (χ1n) is 9.27. The molecule has 0 saturated heterocycles. The highest BCUT2D eigenvalue weighted by Crippen LogP contribution is 2.32. The van der Waals surface area contributed by atoms with E-state index >= 15 is 0 Å². The number of carbonyl (C=O) groups is 2. The van der Waals surface area contributed by atoms with Gasteiger partial charge in [-0.1, -0.05) is 24.3 Å². The Hall–Kier alpha value is -2.71. The fourth-order valence-electron chi connectivity index (χ4n) is 3.37. The molecule has 7 nitrogen and oxygen atoms in total. The number of benzene rings is 2. The van der Waals surface area contributed by atoms with Crippen LogP contribution in [-0.4, -0.2) is 50.8 Å². The van der Waals surface area contributed by atoms with E-state index in [-0.39, 0.29) is 22.4 Å². The van der Waals surface area contributed by atoms with Gasteiger partial charge < -0.3 is 9.64 Å². The Kier molecular flexibility index (Phi) is 5.77. The highest BCUT2D eigenvalue weighted by Gasteiger charge is 2.34. The molecule has 1 aliphatic rings. The SMILES string of the molecule is C[C@@H](OC(=O)c1cccc(S(=O)(=O)N(C)C)c1)C(=O)N1c2ccccc2C[C@@H]1C. The molecular weight excluding hydrogens is 392 g/mol. The Morgan fingerprint density at radius 1 is 1.14 bits per heavy atom. The molecule has 1 aliphatic heterocycles. The van der Waals surface area contributed by atoms with Crippen molar-refractivity contribution in [2.45, 2.75) is 37.3 Å². The number of ether oxygens (including phenoxy) is 1. The van der Waals surface area contributed by atoms with Crippen LogP contribution < -0.4 is 4.90 Å². The van der Waals surface area contributed by atoms with Crippen LogP contribution in [0.4, 0.5) is 5.69 Å². The van der Waals surface area contributed by atoms with Crippen LogP contribution in [0.3, 0.4) is 0 Å². The molecule has 1 amide bonds. The number of hydrogen-bond acceptors (Lipinski definition) is 5. The lowest BCUT2D eigenvalue weighted by atomic mass is 10.1. The molecule has 0 N–H and O–H groups in total. The van der Waals surface area contributed by atoms with Crippen LogP contribution >= 0.6 is 0 Å². The van der Waals surface area contributed by atoms with E-state index in [0.29, 0.717) is 0 Å². The maximum absolute atomic E-state index is 12.9. The zero-order valence-electron chi connectivity index (χ0n) is 16.8. The normalized spacial score (nSPS) is 17.1. The van der Waals surface area contributed by atoms with Gasteiger partial charge in [0.25, 0.3) is 5.91 Å². The smallest absolute Gasteiger partial charge is 0.338 e. The van der Waals surface area contributed by atoms with Crippen LogP contribution in [0, 0.1) is 0 Å². The van der Waals surface area contributed by atoms with Gasteiger partial charge >= 0.3 is 5.97 Å². The minimum Gasteiger partial charge on any atom is -0.449 e. The van der Waals surface area contributed by atoms with Crippen molar-refractivity contribution < 1.29 is 22.7 Å². The Morgan fingerprint density at radius 3 is 2.52 bits per heavy atom. The summed E-state index contributed by atoms with van der Waals surface area (Å²) in [6.07, 6.45) is -0.266. The van der Waals surface area contributed by atoms with Gasteiger partial charge in [-0.15, -0.1) is 0 Å². The number of hydrogen-bond donors (Lipinski definition) is 0. The van der Waals surface area contributed by atoms with Gasteiger partial charge in [0.05, 0.1) is 10.5 Å². The Bertz CT molecular complexity index is 1050. The second-order valence-corrected chi connectivity index (χ2v) is 9.40. The molecule has 3 rings (SSSR count). The summed E-state index contributed by atoms with van der Waals surface area (Å²) >= 11 is 0. The zero-order valence-corrected chi connectivity index (χ0v) is 17.6. The summed E-state index contributed by atoms with van der Waals surface area (Å²) in [5, 5.41) is 0. The summed E-state index contributed by atoms with van der Waals surface area (Å²) in [5.74, 6) is -1.06. The number of nitrogens with zero attached hydrogens (tertiary/aromatic N) is 2. The van der Waals surface area contributed by atoms with Crippen LogP contribution in [0.25, 0.3) is 0 Å². The third kappa shape index (κ3) is 4.04. The van der Waals surface area contributed by atoms with Crippen LogP contribution in [0.2, 0.25) is 0 Å². The average molecular weight is 416 g/mol. The first-order valence-corrected chi connectivity index (χ1v) is 10.7. The molecule has 8 heteroatoms. The van der Waals surface area contributed by atoms with E-state index in [0.717, 1.165) is 22.0 Å². The zero-order chi connectivity index (χ0) is 21.3. The summed E-state index contributed by atoms with van der Waals surface area (Å²) in [6.45, 7) is 3.47. The number of fused-ring (bicyclic) bond motifs is 1. The van der Waals surface area contributed by atoms with E-state index in [2.05, 4.69) is 0 Å². The Balaban J connectivity index is 1.77. The van der Waals surface area contributed by atoms with Gasteiger partial charge in [-0.2, -0.15) is 0 Å².